The molecule has 0 unspecified atom stereocenters. The molecule has 0 saturated heterocycles. The second kappa shape index (κ2) is 10.3. The number of halogens is 2. The molecule has 0 radical (unpaired) electrons. The molecular weight excluding hydrogens is 566 g/mol. The number of carbonyl (C=O) groups excluding carboxylic acids is 2. The van der Waals surface area contributed by atoms with Crippen molar-refractivity contribution >= 4 is 43.9 Å². The maximum absolute atomic E-state index is 12.8. The number of aryl methyl sites for hydroxylation is 1. The average Bonchev–Trinajstić information content (AvgIpc) is 3.31. The first-order valence-electron chi connectivity index (χ1n) is 10.6. The largest absolute Gasteiger partial charge is 0.467 e. The van der Waals surface area contributed by atoms with Crippen LogP contribution in [0, 0.1) is 6.92 Å². The molecule has 0 spiro atoms. The maximum Gasteiger partial charge on any atom is 0.410 e. The zero-order valence-corrected chi connectivity index (χ0v) is 21.9. The lowest BCUT2D eigenvalue weighted by molar-refractivity contribution is -0.150. The lowest BCUT2D eigenvalue weighted by Gasteiger charge is -2.21. The number of rotatable bonds is 5. The number of hydrogen-bond acceptors (Lipinski definition) is 5. The van der Waals surface area contributed by atoms with E-state index in [2.05, 4.69) is 31.9 Å². The van der Waals surface area contributed by atoms with Crippen molar-refractivity contribution in [3.63, 3.8) is 0 Å². The first-order chi connectivity index (χ1) is 16.3. The van der Waals surface area contributed by atoms with E-state index < -0.39 is 18.2 Å². The third-order valence-electron chi connectivity index (χ3n) is 5.82. The number of fused-ring (bicyclic) bond motifs is 1. The fourth-order valence-corrected chi connectivity index (χ4v) is 5.59. The number of ether oxygens (including phenoxy) is 2. The number of benzene rings is 3. The van der Waals surface area contributed by atoms with Crippen molar-refractivity contribution in [1.29, 1.82) is 0 Å². The van der Waals surface area contributed by atoms with Crippen LogP contribution in [0.5, 0.6) is 0 Å². The molecule has 34 heavy (non-hydrogen) atoms. The predicted octanol–water partition coefficient (Wildman–Crippen LogP) is 6.05. The number of esters is 1. The van der Waals surface area contributed by atoms with Gasteiger partial charge in [0.15, 0.2) is 6.10 Å². The van der Waals surface area contributed by atoms with E-state index in [0.717, 1.165) is 27.8 Å². The van der Waals surface area contributed by atoms with E-state index in [1.807, 2.05) is 61.5 Å². The number of aliphatic hydroxyl groups is 1. The van der Waals surface area contributed by atoms with Gasteiger partial charge in [0, 0.05) is 20.1 Å². The molecule has 8 heteroatoms. The first-order valence-corrected chi connectivity index (χ1v) is 12.2. The van der Waals surface area contributed by atoms with Gasteiger partial charge in [-0.25, -0.2) is 9.59 Å². The van der Waals surface area contributed by atoms with E-state index in [-0.39, 0.29) is 13.2 Å². The fourth-order valence-electron chi connectivity index (χ4n) is 4.00. The van der Waals surface area contributed by atoms with Crippen molar-refractivity contribution in [2.24, 2.45) is 0 Å². The Balaban J connectivity index is 1.71. The Morgan fingerprint density at radius 2 is 1.62 bits per heavy atom. The fraction of sp³-hybridized carbons (Fsp3) is 0.231. The number of methoxy groups -OCH3 is 1. The molecule has 1 N–H and O–H groups in total. The summed E-state index contributed by atoms with van der Waals surface area (Å²) >= 11 is 7.31. The smallest absolute Gasteiger partial charge is 0.410 e. The lowest BCUT2D eigenvalue weighted by Crippen LogP contribution is -2.26. The maximum atomic E-state index is 12.8. The van der Waals surface area contributed by atoms with Crippen molar-refractivity contribution in [3.8, 4) is 11.1 Å². The minimum absolute atomic E-state index is 0.176. The Kier molecular flexibility index (Phi) is 7.40. The second-order valence-electron chi connectivity index (χ2n) is 8.06. The highest BCUT2D eigenvalue weighted by Crippen LogP contribution is 2.47. The lowest BCUT2D eigenvalue weighted by atomic mass is 9.91. The summed E-state index contributed by atoms with van der Waals surface area (Å²) in [4.78, 5) is 26.7. The van der Waals surface area contributed by atoms with E-state index in [0.29, 0.717) is 26.6 Å². The zero-order valence-electron chi connectivity index (χ0n) is 18.7. The Morgan fingerprint density at radius 1 is 1.00 bits per heavy atom. The number of nitrogens with zero attached hydrogens (tertiary/aromatic N) is 1. The van der Waals surface area contributed by atoms with Crippen molar-refractivity contribution < 1.29 is 24.2 Å². The normalized spacial score (nSPS) is 13.4. The molecule has 1 heterocycles. The van der Waals surface area contributed by atoms with Gasteiger partial charge in [-0.1, -0.05) is 76.1 Å². The summed E-state index contributed by atoms with van der Waals surface area (Å²) in [5, 5.41) is 10.9. The molecular formula is C26H23Br2NO5. The van der Waals surface area contributed by atoms with Gasteiger partial charge in [-0.2, -0.15) is 0 Å². The summed E-state index contributed by atoms with van der Waals surface area (Å²) in [6.07, 6.45) is -1.94. The van der Waals surface area contributed by atoms with Crippen molar-refractivity contribution in [3.05, 3.63) is 91.4 Å². The molecule has 1 amide bonds. The number of hydrogen-bond donors (Lipinski definition) is 1. The highest BCUT2D eigenvalue weighted by Gasteiger charge is 2.35. The summed E-state index contributed by atoms with van der Waals surface area (Å²) in [6, 6.07) is 17.3. The molecule has 176 valence electrons. The molecule has 4 rings (SSSR count). The van der Waals surface area contributed by atoms with E-state index in [1.165, 1.54) is 7.11 Å². The molecule has 0 aliphatic carbocycles. The van der Waals surface area contributed by atoms with Crippen LogP contribution in [0.15, 0.2) is 63.5 Å². The number of amides is 1. The van der Waals surface area contributed by atoms with Gasteiger partial charge in [0.05, 0.1) is 20.2 Å². The molecule has 6 nitrogen and oxygen atoms in total. The third kappa shape index (κ3) is 4.76. The van der Waals surface area contributed by atoms with Crippen molar-refractivity contribution in [2.45, 2.75) is 32.7 Å². The minimum Gasteiger partial charge on any atom is -0.467 e. The third-order valence-corrected chi connectivity index (χ3v) is 7.60. The second-order valence-corrected chi connectivity index (χ2v) is 9.65. The van der Waals surface area contributed by atoms with Gasteiger partial charge in [0.2, 0.25) is 0 Å². The monoisotopic (exact) mass is 587 g/mol. The van der Waals surface area contributed by atoms with E-state index in [9.17, 15) is 14.7 Å². The predicted molar refractivity (Wildman–Crippen MR) is 135 cm³/mol. The first kappa shape index (κ1) is 24.4. The number of aliphatic hydroxyl groups excluding tert-OH is 1. The Bertz CT molecular complexity index is 1230. The topological polar surface area (TPSA) is 76.1 Å². The standard InChI is InChI=1S/C26H23Br2NO5/c1-15-8-10-17(11-9-15)20-21(24(30)25(31)33-2)23(28)19-13-29(12-18(19)22(20)27)26(32)34-14-16-6-4-3-5-7-16/h3-11,24,30H,12-14H2,1-2H3/t24-/m0/s1. The molecule has 3 aromatic carbocycles. The zero-order chi connectivity index (χ0) is 24.4. The molecule has 0 saturated carbocycles. The van der Waals surface area contributed by atoms with Gasteiger partial charge in [0.25, 0.3) is 0 Å². The Morgan fingerprint density at radius 3 is 2.24 bits per heavy atom. The van der Waals surface area contributed by atoms with Gasteiger partial charge in [-0.3, -0.25) is 4.90 Å². The van der Waals surface area contributed by atoms with Gasteiger partial charge in [-0.05, 0) is 45.1 Å². The molecule has 0 bridgehead atoms. The summed E-state index contributed by atoms with van der Waals surface area (Å²) < 4.78 is 11.6. The summed E-state index contributed by atoms with van der Waals surface area (Å²) in [6.45, 7) is 2.77. The summed E-state index contributed by atoms with van der Waals surface area (Å²) in [5.41, 5.74) is 5.56. The van der Waals surface area contributed by atoms with Gasteiger partial charge < -0.3 is 14.6 Å². The van der Waals surface area contributed by atoms with E-state index >= 15 is 0 Å². The van der Waals surface area contributed by atoms with Gasteiger partial charge >= 0.3 is 12.1 Å². The van der Waals surface area contributed by atoms with Gasteiger partial charge in [0.1, 0.15) is 6.61 Å². The SMILES string of the molecule is COC(=O)[C@@H](O)c1c(Br)c2c(c(Br)c1-c1ccc(C)cc1)CN(C(=O)OCc1ccccc1)C2. The van der Waals surface area contributed by atoms with Crippen LogP contribution >= 0.6 is 31.9 Å². The van der Waals surface area contributed by atoms with Crippen LogP contribution in [0.2, 0.25) is 0 Å². The molecule has 3 aromatic rings. The van der Waals surface area contributed by atoms with Crippen LogP contribution in [-0.4, -0.2) is 29.2 Å². The molecule has 0 fully saturated rings. The Hall–Kier alpha value is -2.68. The Labute approximate surface area is 214 Å². The molecule has 1 aliphatic heterocycles. The van der Waals surface area contributed by atoms with Crippen LogP contribution in [0.3, 0.4) is 0 Å². The highest BCUT2D eigenvalue weighted by atomic mass is 79.9. The van der Waals surface area contributed by atoms with Crippen molar-refractivity contribution in [2.75, 3.05) is 7.11 Å². The molecule has 1 atom stereocenters. The highest BCUT2D eigenvalue weighted by molar-refractivity contribution is 9.11. The van der Waals surface area contributed by atoms with Crippen molar-refractivity contribution in [1.82, 2.24) is 4.90 Å². The van der Waals surface area contributed by atoms with Crippen LogP contribution in [0.1, 0.15) is 33.9 Å². The molecule has 0 aromatic heterocycles. The summed E-state index contributed by atoms with van der Waals surface area (Å²) in [7, 11) is 1.23. The van der Waals surface area contributed by atoms with Crippen LogP contribution in [0.4, 0.5) is 4.79 Å². The number of carbonyl (C=O) groups is 2. The van der Waals surface area contributed by atoms with E-state index in [1.54, 1.807) is 4.90 Å². The summed E-state index contributed by atoms with van der Waals surface area (Å²) in [5.74, 6) is -0.766. The minimum atomic E-state index is -1.50. The van der Waals surface area contributed by atoms with Crippen LogP contribution in [-0.2, 0) is 34.0 Å². The quantitative estimate of drug-likeness (QED) is 0.367. The van der Waals surface area contributed by atoms with Crippen LogP contribution < -0.4 is 0 Å². The molecule has 1 aliphatic rings. The van der Waals surface area contributed by atoms with Gasteiger partial charge in [-0.15, -0.1) is 0 Å². The van der Waals surface area contributed by atoms with E-state index in [4.69, 9.17) is 9.47 Å². The van der Waals surface area contributed by atoms with Crippen LogP contribution in [0.25, 0.3) is 11.1 Å². The average molecular weight is 589 g/mol.